The highest BCUT2D eigenvalue weighted by atomic mass is 16.3. The summed E-state index contributed by atoms with van der Waals surface area (Å²) in [7, 11) is 4.16. The minimum Gasteiger partial charge on any atom is -0.396 e. The number of aliphatic hydroxyl groups excluding tert-OH is 1. The van der Waals surface area contributed by atoms with Crippen LogP contribution in [0.3, 0.4) is 0 Å². The van der Waals surface area contributed by atoms with Crippen LogP contribution in [-0.4, -0.2) is 31.9 Å². The molecule has 1 aliphatic carbocycles. The van der Waals surface area contributed by atoms with Gasteiger partial charge in [-0.05, 0) is 31.4 Å². The zero-order chi connectivity index (χ0) is 14.8. The van der Waals surface area contributed by atoms with E-state index in [1.54, 1.807) is 0 Å². The summed E-state index contributed by atoms with van der Waals surface area (Å²) in [6, 6.07) is 9.23. The molecule has 0 amide bonds. The molecule has 1 fully saturated rings. The molecular weight excluding hydrogens is 248 g/mol. The van der Waals surface area contributed by atoms with Crippen LogP contribution in [0.2, 0.25) is 0 Å². The van der Waals surface area contributed by atoms with Crippen LogP contribution in [0.15, 0.2) is 24.3 Å². The van der Waals surface area contributed by atoms with Crippen molar-refractivity contribution < 1.29 is 5.11 Å². The van der Waals surface area contributed by atoms with E-state index in [-0.39, 0.29) is 12.0 Å². The number of nitrogens with zero attached hydrogens (tertiary/aromatic N) is 1. The standard InChI is InChI=1S/C17H28N2O/c1-13(14-8-5-6-9-15(14)19(3)4)18-16-10-7-11-17(16,2)12-20/h5-6,8-9,13,16,18,20H,7,10-12H2,1-4H3. The molecule has 0 heterocycles. The molecule has 1 aromatic carbocycles. The van der Waals surface area contributed by atoms with Crippen molar-refractivity contribution in [2.75, 3.05) is 25.6 Å². The Morgan fingerprint density at radius 1 is 1.40 bits per heavy atom. The predicted octanol–water partition coefficient (Wildman–Crippen LogP) is 2.95. The Kier molecular flexibility index (Phi) is 4.71. The van der Waals surface area contributed by atoms with E-state index < -0.39 is 0 Å². The first-order valence-corrected chi connectivity index (χ1v) is 7.61. The molecule has 2 rings (SSSR count). The molecule has 1 aliphatic rings. The monoisotopic (exact) mass is 276 g/mol. The van der Waals surface area contributed by atoms with Gasteiger partial charge in [-0.15, -0.1) is 0 Å². The van der Waals surface area contributed by atoms with Crippen molar-refractivity contribution in [3.63, 3.8) is 0 Å². The Labute approximate surface area is 123 Å². The van der Waals surface area contributed by atoms with E-state index in [9.17, 15) is 5.11 Å². The molecule has 0 spiro atoms. The molecule has 0 radical (unpaired) electrons. The van der Waals surface area contributed by atoms with Gasteiger partial charge in [0.2, 0.25) is 0 Å². The summed E-state index contributed by atoms with van der Waals surface area (Å²) in [5, 5.41) is 13.4. The smallest absolute Gasteiger partial charge is 0.0499 e. The van der Waals surface area contributed by atoms with Crippen molar-refractivity contribution in [2.24, 2.45) is 5.41 Å². The fourth-order valence-corrected chi connectivity index (χ4v) is 3.36. The molecular formula is C17H28N2O. The Morgan fingerprint density at radius 2 is 2.10 bits per heavy atom. The lowest BCUT2D eigenvalue weighted by molar-refractivity contribution is 0.114. The maximum Gasteiger partial charge on any atom is 0.0499 e. The van der Waals surface area contributed by atoms with Crippen molar-refractivity contribution in [1.82, 2.24) is 5.32 Å². The minimum atomic E-state index is 0.0291. The second-order valence-corrected chi connectivity index (χ2v) is 6.60. The molecule has 0 saturated heterocycles. The largest absolute Gasteiger partial charge is 0.396 e. The molecule has 1 aromatic rings. The van der Waals surface area contributed by atoms with Crippen LogP contribution in [0.5, 0.6) is 0 Å². The fourth-order valence-electron chi connectivity index (χ4n) is 3.36. The van der Waals surface area contributed by atoms with Gasteiger partial charge in [-0.25, -0.2) is 0 Å². The molecule has 1 saturated carbocycles. The van der Waals surface area contributed by atoms with Crippen molar-refractivity contribution >= 4 is 5.69 Å². The number of para-hydroxylation sites is 1. The number of hydrogen-bond acceptors (Lipinski definition) is 3. The highest BCUT2D eigenvalue weighted by Crippen LogP contribution is 2.39. The topological polar surface area (TPSA) is 35.5 Å². The quantitative estimate of drug-likeness (QED) is 0.868. The maximum absolute atomic E-state index is 9.67. The normalized spacial score (nSPS) is 27.6. The van der Waals surface area contributed by atoms with Crippen molar-refractivity contribution in [1.29, 1.82) is 0 Å². The highest BCUT2D eigenvalue weighted by molar-refractivity contribution is 5.53. The van der Waals surface area contributed by atoms with Gasteiger partial charge in [-0.3, -0.25) is 0 Å². The summed E-state index contributed by atoms with van der Waals surface area (Å²) in [4.78, 5) is 2.16. The first kappa shape index (κ1) is 15.3. The average Bonchev–Trinajstić information content (AvgIpc) is 2.80. The fraction of sp³-hybridized carbons (Fsp3) is 0.647. The first-order valence-electron chi connectivity index (χ1n) is 7.61. The van der Waals surface area contributed by atoms with Crippen LogP contribution in [0.25, 0.3) is 0 Å². The third-order valence-electron chi connectivity index (χ3n) is 4.78. The van der Waals surface area contributed by atoms with E-state index >= 15 is 0 Å². The molecule has 0 bridgehead atoms. The Morgan fingerprint density at radius 3 is 2.75 bits per heavy atom. The van der Waals surface area contributed by atoms with Crippen molar-refractivity contribution in [3.05, 3.63) is 29.8 Å². The third kappa shape index (κ3) is 2.99. The SMILES string of the molecule is CC(NC1CCCC1(C)CO)c1ccccc1N(C)C. The molecule has 0 aliphatic heterocycles. The zero-order valence-electron chi connectivity index (χ0n) is 13.2. The van der Waals surface area contributed by atoms with Gasteiger partial charge in [0.05, 0.1) is 0 Å². The lowest BCUT2D eigenvalue weighted by Crippen LogP contribution is -2.43. The van der Waals surface area contributed by atoms with Gasteiger partial charge >= 0.3 is 0 Å². The highest BCUT2D eigenvalue weighted by Gasteiger charge is 2.38. The zero-order valence-corrected chi connectivity index (χ0v) is 13.2. The van der Waals surface area contributed by atoms with E-state index in [1.165, 1.54) is 17.7 Å². The van der Waals surface area contributed by atoms with Crippen LogP contribution >= 0.6 is 0 Å². The van der Waals surface area contributed by atoms with Gasteiger partial charge in [0.1, 0.15) is 0 Å². The molecule has 20 heavy (non-hydrogen) atoms. The van der Waals surface area contributed by atoms with Crippen LogP contribution in [-0.2, 0) is 0 Å². The van der Waals surface area contributed by atoms with Crippen LogP contribution < -0.4 is 10.2 Å². The van der Waals surface area contributed by atoms with Gasteiger partial charge in [0, 0.05) is 43.9 Å². The number of anilines is 1. The summed E-state index contributed by atoms with van der Waals surface area (Å²) < 4.78 is 0. The summed E-state index contributed by atoms with van der Waals surface area (Å²) in [6.07, 6.45) is 3.48. The summed E-state index contributed by atoms with van der Waals surface area (Å²) >= 11 is 0. The number of rotatable bonds is 5. The van der Waals surface area contributed by atoms with Gasteiger partial charge in [0.25, 0.3) is 0 Å². The maximum atomic E-state index is 9.67. The van der Waals surface area contributed by atoms with Gasteiger partial charge in [-0.1, -0.05) is 31.5 Å². The lowest BCUT2D eigenvalue weighted by atomic mass is 9.85. The number of nitrogens with one attached hydrogen (secondary N) is 1. The summed E-state index contributed by atoms with van der Waals surface area (Å²) in [5.74, 6) is 0. The van der Waals surface area contributed by atoms with Gasteiger partial charge in [-0.2, -0.15) is 0 Å². The molecule has 3 atom stereocenters. The predicted molar refractivity (Wildman–Crippen MR) is 85.2 cm³/mol. The van der Waals surface area contributed by atoms with E-state index in [0.29, 0.717) is 12.1 Å². The molecule has 3 nitrogen and oxygen atoms in total. The van der Waals surface area contributed by atoms with Gasteiger partial charge < -0.3 is 15.3 Å². The van der Waals surface area contributed by atoms with E-state index in [0.717, 1.165) is 12.8 Å². The molecule has 112 valence electrons. The van der Waals surface area contributed by atoms with Crippen LogP contribution in [0, 0.1) is 5.41 Å². The Bertz CT molecular complexity index is 446. The molecule has 2 N–H and O–H groups in total. The van der Waals surface area contributed by atoms with E-state index in [4.69, 9.17) is 0 Å². The van der Waals surface area contributed by atoms with E-state index in [1.807, 2.05) is 0 Å². The van der Waals surface area contributed by atoms with E-state index in [2.05, 4.69) is 62.4 Å². The molecule has 3 unspecified atom stereocenters. The first-order chi connectivity index (χ1) is 9.48. The number of aliphatic hydroxyl groups is 1. The second-order valence-electron chi connectivity index (χ2n) is 6.60. The van der Waals surface area contributed by atoms with Crippen LogP contribution in [0.4, 0.5) is 5.69 Å². The molecule has 0 aromatic heterocycles. The third-order valence-corrected chi connectivity index (χ3v) is 4.78. The number of benzene rings is 1. The second kappa shape index (κ2) is 6.15. The van der Waals surface area contributed by atoms with Gasteiger partial charge in [0.15, 0.2) is 0 Å². The Hall–Kier alpha value is -1.06. The lowest BCUT2D eigenvalue weighted by Gasteiger charge is -2.33. The number of hydrogen-bond donors (Lipinski definition) is 2. The summed E-state index contributed by atoms with van der Waals surface area (Å²) in [5.41, 5.74) is 2.61. The van der Waals surface area contributed by atoms with Crippen LogP contribution in [0.1, 0.15) is 44.7 Å². The summed E-state index contributed by atoms with van der Waals surface area (Å²) in [6.45, 7) is 4.69. The van der Waals surface area contributed by atoms with Crippen molar-refractivity contribution in [3.8, 4) is 0 Å². The minimum absolute atomic E-state index is 0.0291. The Balaban J connectivity index is 2.14. The van der Waals surface area contributed by atoms with Crippen molar-refractivity contribution in [2.45, 2.75) is 45.2 Å². The average molecular weight is 276 g/mol. The molecule has 3 heteroatoms.